The summed E-state index contributed by atoms with van der Waals surface area (Å²) < 4.78 is 4.42. The van der Waals surface area contributed by atoms with Gasteiger partial charge in [-0.3, -0.25) is 4.79 Å². The molecule has 0 unspecified atom stereocenters. The van der Waals surface area contributed by atoms with E-state index in [1.165, 1.54) is 0 Å². The highest BCUT2D eigenvalue weighted by Crippen LogP contribution is 2.36. The van der Waals surface area contributed by atoms with Crippen LogP contribution in [-0.2, 0) is 0 Å². The largest absolute Gasteiger partial charge is 0.337 e. The van der Waals surface area contributed by atoms with E-state index in [2.05, 4.69) is 4.37 Å². The second kappa shape index (κ2) is 8.46. The van der Waals surface area contributed by atoms with Crippen LogP contribution in [0.2, 0.25) is 19.4 Å². The van der Waals surface area contributed by atoms with Crippen molar-refractivity contribution in [3.05, 3.63) is 53.7 Å². The zero-order valence-electron chi connectivity index (χ0n) is 14.3. The maximum atomic E-state index is 12.6. The van der Waals surface area contributed by atoms with E-state index in [1.54, 1.807) is 22.3 Å². The number of piperidine rings is 1. The average molecular weight is 493 g/mol. The third-order valence-electron chi connectivity index (χ3n) is 4.67. The standard InChI is InChI=1S/C18H13Cl4N3OS2/c19-11-2-1-10(7-12(11)20)13-8-27-17(23-13)9-3-5-25(6-4-9)18(26)15-14(21)16(22)28-24-15/h1-2,7-9H,3-6H2. The monoisotopic (exact) mass is 491 g/mol. The fourth-order valence-corrected chi connectivity index (χ4v) is 5.42. The van der Waals surface area contributed by atoms with Crippen molar-refractivity contribution < 1.29 is 4.79 Å². The minimum absolute atomic E-state index is 0.165. The van der Waals surface area contributed by atoms with Gasteiger partial charge < -0.3 is 4.90 Å². The third-order valence-corrected chi connectivity index (χ3v) is 8.03. The van der Waals surface area contributed by atoms with Crippen LogP contribution >= 0.6 is 69.3 Å². The quantitative estimate of drug-likeness (QED) is 0.399. The predicted octanol–water partition coefficient (Wildman–Crippen LogP) is 6.90. The Balaban J connectivity index is 1.43. The van der Waals surface area contributed by atoms with Crippen molar-refractivity contribution in [1.29, 1.82) is 0 Å². The lowest BCUT2D eigenvalue weighted by Crippen LogP contribution is -2.38. The predicted molar refractivity (Wildman–Crippen MR) is 118 cm³/mol. The average Bonchev–Trinajstić information content (AvgIpc) is 3.32. The molecule has 28 heavy (non-hydrogen) atoms. The Kier molecular flexibility index (Phi) is 6.16. The first-order chi connectivity index (χ1) is 13.4. The molecule has 1 aliphatic rings. The van der Waals surface area contributed by atoms with Gasteiger partial charge in [-0.05, 0) is 36.5 Å². The Labute approximate surface area is 190 Å². The van der Waals surface area contributed by atoms with E-state index in [0.29, 0.717) is 33.4 Å². The van der Waals surface area contributed by atoms with Crippen LogP contribution in [0.5, 0.6) is 0 Å². The molecule has 0 saturated carbocycles. The molecule has 3 aromatic rings. The number of likely N-dealkylation sites (tertiary alicyclic amines) is 1. The van der Waals surface area contributed by atoms with Crippen LogP contribution in [0.25, 0.3) is 11.3 Å². The molecule has 0 radical (unpaired) electrons. The lowest BCUT2D eigenvalue weighted by atomic mass is 9.97. The summed E-state index contributed by atoms with van der Waals surface area (Å²) in [6, 6.07) is 5.52. The number of carbonyl (C=O) groups excluding carboxylic acids is 1. The number of nitrogens with zero attached hydrogens (tertiary/aromatic N) is 3. The topological polar surface area (TPSA) is 46.1 Å². The van der Waals surface area contributed by atoms with E-state index in [4.69, 9.17) is 51.4 Å². The first kappa shape index (κ1) is 20.4. The fourth-order valence-electron chi connectivity index (χ4n) is 3.13. The SMILES string of the molecule is O=C(c1nsc(Cl)c1Cl)N1CCC(c2nc(-c3ccc(Cl)c(Cl)c3)cs2)CC1. The van der Waals surface area contributed by atoms with Crippen molar-refractivity contribution in [3.63, 3.8) is 0 Å². The number of amides is 1. The molecule has 0 N–H and O–H groups in total. The first-order valence-corrected chi connectivity index (χ1v) is 11.6. The van der Waals surface area contributed by atoms with Crippen LogP contribution in [0.3, 0.4) is 0 Å². The normalized spacial score (nSPS) is 15.2. The Morgan fingerprint density at radius 2 is 1.86 bits per heavy atom. The molecule has 1 fully saturated rings. The molecule has 0 atom stereocenters. The minimum atomic E-state index is -0.165. The van der Waals surface area contributed by atoms with Gasteiger partial charge in [-0.15, -0.1) is 11.3 Å². The van der Waals surface area contributed by atoms with Crippen molar-refractivity contribution in [1.82, 2.24) is 14.3 Å². The van der Waals surface area contributed by atoms with Gasteiger partial charge in [0.1, 0.15) is 9.36 Å². The fraction of sp³-hybridized carbons (Fsp3) is 0.278. The Hall–Kier alpha value is -0.890. The highest BCUT2D eigenvalue weighted by Gasteiger charge is 2.29. The molecular formula is C18H13Cl4N3OS2. The number of rotatable bonds is 3. The highest BCUT2D eigenvalue weighted by molar-refractivity contribution is 7.11. The molecule has 10 heteroatoms. The summed E-state index contributed by atoms with van der Waals surface area (Å²) in [6.07, 6.45) is 1.69. The van der Waals surface area contributed by atoms with Gasteiger partial charge in [0, 0.05) is 30.0 Å². The number of carbonyl (C=O) groups is 1. The lowest BCUT2D eigenvalue weighted by molar-refractivity contribution is 0.0708. The van der Waals surface area contributed by atoms with E-state index >= 15 is 0 Å². The molecule has 1 amide bonds. The summed E-state index contributed by atoms with van der Waals surface area (Å²) in [5.74, 6) is 0.155. The van der Waals surface area contributed by atoms with Crippen LogP contribution in [0.15, 0.2) is 23.6 Å². The van der Waals surface area contributed by atoms with Gasteiger partial charge >= 0.3 is 0 Å². The summed E-state index contributed by atoms with van der Waals surface area (Å²) >= 11 is 26.8. The van der Waals surface area contributed by atoms with Crippen molar-refractivity contribution in [2.45, 2.75) is 18.8 Å². The summed E-state index contributed by atoms with van der Waals surface area (Å²) in [5, 5.41) is 4.39. The highest BCUT2D eigenvalue weighted by atomic mass is 35.5. The van der Waals surface area contributed by atoms with Crippen molar-refractivity contribution in [3.8, 4) is 11.3 Å². The first-order valence-electron chi connectivity index (χ1n) is 8.45. The van der Waals surface area contributed by atoms with Gasteiger partial charge in [0.2, 0.25) is 0 Å². The van der Waals surface area contributed by atoms with Gasteiger partial charge in [-0.25, -0.2) is 4.98 Å². The third kappa shape index (κ3) is 4.04. The number of benzene rings is 1. The Bertz CT molecular complexity index is 1030. The second-order valence-corrected chi connectivity index (χ2v) is 9.84. The summed E-state index contributed by atoms with van der Waals surface area (Å²) in [6.45, 7) is 1.27. The molecule has 1 aliphatic heterocycles. The van der Waals surface area contributed by atoms with Crippen LogP contribution < -0.4 is 0 Å². The van der Waals surface area contributed by atoms with Gasteiger partial charge in [0.15, 0.2) is 5.69 Å². The van der Waals surface area contributed by atoms with E-state index in [-0.39, 0.29) is 16.6 Å². The Morgan fingerprint density at radius 1 is 1.11 bits per heavy atom. The van der Waals surface area contributed by atoms with E-state index < -0.39 is 0 Å². The zero-order valence-corrected chi connectivity index (χ0v) is 19.0. The summed E-state index contributed by atoms with van der Waals surface area (Å²) in [7, 11) is 0. The molecule has 4 nitrogen and oxygen atoms in total. The number of halogens is 4. The number of thiazole rings is 1. The molecule has 0 spiro atoms. The van der Waals surface area contributed by atoms with Gasteiger partial charge in [0.05, 0.1) is 20.7 Å². The minimum Gasteiger partial charge on any atom is -0.337 e. The molecule has 3 heterocycles. The zero-order chi connectivity index (χ0) is 19.8. The number of aromatic nitrogens is 2. The maximum Gasteiger partial charge on any atom is 0.275 e. The summed E-state index contributed by atoms with van der Waals surface area (Å²) in [4.78, 5) is 19.2. The van der Waals surface area contributed by atoms with Crippen LogP contribution in [0.4, 0.5) is 0 Å². The maximum absolute atomic E-state index is 12.6. The van der Waals surface area contributed by atoms with Crippen LogP contribution in [0.1, 0.15) is 34.3 Å². The molecule has 4 rings (SSSR count). The van der Waals surface area contributed by atoms with Gasteiger partial charge in [0.25, 0.3) is 5.91 Å². The Morgan fingerprint density at radius 3 is 2.50 bits per heavy atom. The molecule has 1 aromatic carbocycles. The van der Waals surface area contributed by atoms with Crippen molar-refractivity contribution in [2.24, 2.45) is 0 Å². The van der Waals surface area contributed by atoms with Crippen LogP contribution in [-0.4, -0.2) is 33.3 Å². The smallest absolute Gasteiger partial charge is 0.275 e. The second-order valence-electron chi connectivity index (χ2n) is 6.39. The number of hydrogen-bond acceptors (Lipinski definition) is 5. The van der Waals surface area contributed by atoms with E-state index in [9.17, 15) is 4.79 Å². The molecule has 0 aliphatic carbocycles. The molecule has 146 valence electrons. The lowest BCUT2D eigenvalue weighted by Gasteiger charge is -2.30. The van der Waals surface area contributed by atoms with Gasteiger partial charge in [-0.2, -0.15) is 4.37 Å². The molecular weight excluding hydrogens is 480 g/mol. The van der Waals surface area contributed by atoms with Crippen LogP contribution in [0, 0.1) is 0 Å². The molecule has 2 aromatic heterocycles. The van der Waals surface area contributed by atoms with Gasteiger partial charge in [-0.1, -0.05) is 52.5 Å². The van der Waals surface area contributed by atoms with Crippen molar-refractivity contribution >= 4 is 75.2 Å². The van der Waals surface area contributed by atoms with Crippen molar-refractivity contribution in [2.75, 3.05) is 13.1 Å². The summed E-state index contributed by atoms with van der Waals surface area (Å²) in [5.41, 5.74) is 2.08. The number of hydrogen-bond donors (Lipinski definition) is 0. The van der Waals surface area contributed by atoms with E-state index in [1.807, 2.05) is 17.5 Å². The van der Waals surface area contributed by atoms with E-state index in [0.717, 1.165) is 40.6 Å². The molecule has 0 bridgehead atoms. The molecule has 1 saturated heterocycles.